The number of hydrogen-bond acceptors (Lipinski definition) is 6. The number of aromatic amines is 1. The first-order valence-corrected chi connectivity index (χ1v) is 5.42. The zero-order valence-corrected chi connectivity index (χ0v) is 9.65. The largest absolute Gasteiger partial charge is 0.388 e. The summed E-state index contributed by atoms with van der Waals surface area (Å²) in [6.07, 6.45) is -1.27. The Morgan fingerprint density at radius 3 is 2.53 bits per heavy atom. The minimum absolute atomic E-state index is 0.123. The molecule has 0 aromatic carbocycles. The van der Waals surface area contributed by atoms with Gasteiger partial charge in [0, 0.05) is 19.2 Å². The van der Waals surface area contributed by atoms with Gasteiger partial charge in [-0.25, -0.2) is 0 Å². The molecule has 9 heteroatoms. The molecule has 1 aliphatic rings. The molecule has 1 aliphatic heterocycles. The SMILES string of the molecule is O=C(c1cc([N+](=O)[O-])c[nH]c1=O)N1C[C@@H](O)[C@@H](O)C1. The normalized spacial score (nSPS) is 22.5. The van der Waals surface area contributed by atoms with Crippen molar-refractivity contribution in [2.24, 2.45) is 0 Å². The number of nitrogens with zero attached hydrogens (tertiary/aromatic N) is 2. The van der Waals surface area contributed by atoms with Crippen LogP contribution >= 0.6 is 0 Å². The fourth-order valence-corrected chi connectivity index (χ4v) is 1.84. The molecule has 102 valence electrons. The molecular formula is C10H11N3O6. The number of pyridine rings is 1. The summed E-state index contributed by atoms with van der Waals surface area (Å²) in [7, 11) is 0. The predicted molar refractivity (Wildman–Crippen MR) is 61.6 cm³/mol. The summed E-state index contributed by atoms with van der Waals surface area (Å²) < 4.78 is 0. The van der Waals surface area contributed by atoms with E-state index in [4.69, 9.17) is 0 Å². The van der Waals surface area contributed by atoms with Gasteiger partial charge in [0.15, 0.2) is 0 Å². The molecule has 1 aromatic rings. The summed E-state index contributed by atoms with van der Waals surface area (Å²) in [5, 5.41) is 29.3. The van der Waals surface area contributed by atoms with Crippen molar-refractivity contribution >= 4 is 11.6 Å². The Bertz CT molecular complexity index is 573. The molecule has 0 aliphatic carbocycles. The third-order valence-electron chi connectivity index (χ3n) is 2.88. The van der Waals surface area contributed by atoms with Gasteiger partial charge in [-0.3, -0.25) is 19.7 Å². The lowest BCUT2D eigenvalue weighted by molar-refractivity contribution is -0.385. The molecule has 1 fully saturated rings. The maximum Gasteiger partial charge on any atom is 0.286 e. The van der Waals surface area contributed by atoms with Gasteiger partial charge in [0.05, 0.1) is 23.3 Å². The molecule has 1 aromatic heterocycles. The van der Waals surface area contributed by atoms with E-state index in [-0.39, 0.29) is 13.1 Å². The van der Waals surface area contributed by atoms with Crippen LogP contribution in [0.15, 0.2) is 17.1 Å². The molecule has 2 rings (SSSR count). The standard InChI is InChI=1S/C10H11N3O6/c14-7-3-12(4-8(7)15)10(17)6-1-5(13(18)19)2-11-9(6)16/h1-2,7-8,14-15H,3-4H2,(H,11,16)/t7-,8+. The second-order valence-electron chi connectivity index (χ2n) is 4.20. The molecule has 0 spiro atoms. The summed E-state index contributed by atoms with van der Waals surface area (Å²) in [6.45, 7) is -0.246. The van der Waals surface area contributed by atoms with Crippen molar-refractivity contribution in [3.63, 3.8) is 0 Å². The number of hydrogen-bond donors (Lipinski definition) is 3. The smallest absolute Gasteiger partial charge is 0.286 e. The molecule has 9 nitrogen and oxygen atoms in total. The van der Waals surface area contributed by atoms with Crippen molar-refractivity contribution in [3.05, 3.63) is 38.3 Å². The first-order chi connectivity index (χ1) is 8.90. The van der Waals surface area contributed by atoms with Crippen molar-refractivity contribution < 1.29 is 19.9 Å². The first-order valence-electron chi connectivity index (χ1n) is 5.42. The van der Waals surface area contributed by atoms with Crippen LogP contribution in [0.5, 0.6) is 0 Å². The van der Waals surface area contributed by atoms with Gasteiger partial charge >= 0.3 is 0 Å². The summed E-state index contributed by atoms with van der Waals surface area (Å²) in [5.74, 6) is -0.763. The maximum atomic E-state index is 12.0. The number of aliphatic hydroxyl groups is 2. The molecule has 19 heavy (non-hydrogen) atoms. The number of aromatic nitrogens is 1. The summed E-state index contributed by atoms with van der Waals surface area (Å²) >= 11 is 0. The molecule has 0 unspecified atom stereocenters. The molecule has 2 heterocycles. The minimum Gasteiger partial charge on any atom is -0.388 e. The fraction of sp³-hybridized carbons (Fsp3) is 0.400. The van der Waals surface area contributed by atoms with Gasteiger partial charge < -0.3 is 20.1 Å². The summed E-state index contributed by atoms with van der Waals surface area (Å²) in [5.41, 5.74) is -1.56. The van der Waals surface area contributed by atoms with Crippen LogP contribution in [0.3, 0.4) is 0 Å². The quantitative estimate of drug-likeness (QED) is 0.439. The van der Waals surface area contributed by atoms with Gasteiger partial charge in [-0.05, 0) is 0 Å². The van der Waals surface area contributed by atoms with E-state index >= 15 is 0 Å². The topological polar surface area (TPSA) is 137 Å². The monoisotopic (exact) mass is 269 g/mol. The van der Waals surface area contributed by atoms with E-state index in [2.05, 4.69) is 4.98 Å². The van der Waals surface area contributed by atoms with Gasteiger partial charge in [0.2, 0.25) is 0 Å². The lowest BCUT2D eigenvalue weighted by Crippen LogP contribution is -2.34. The average molecular weight is 269 g/mol. The van der Waals surface area contributed by atoms with E-state index in [9.17, 15) is 29.9 Å². The second kappa shape index (κ2) is 4.78. The Morgan fingerprint density at radius 2 is 2.00 bits per heavy atom. The van der Waals surface area contributed by atoms with E-state index in [1.807, 2.05) is 0 Å². The Kier molecular flexibility index (Phi) is 3.32. The zero-order valence-electron chi connectivity index (χ0n) is 9.65. The third kappa shape index (κ3) is 2.46. The highest BCUT2D eigenvalue weighted by molar-refractivity contribution is 5.94. The van der Waals surface area contributed by atoms with Crippen LogP contribution in [0.25, 0.3) is 0 Å². The Hall–Kier alpha value is -2.26. The van der Waals surface area contributed by atoms with Crippen LogP contribution in [-0.2, 0) is 0 Å². The van der Waals surface area contributed by atoms with E-state index in [1.165, 1.54) is 0 Å². The molecular weight excluding hydrogens is 258 g/mol. The number of carbonyl (C=O) groups excluding carboxylic acids is 1. The number of β-amino-alcohol motifs (C(OH)–C–C–N with tert-alkyl or cyclic N) is 2. The molecule has 1 saturated heterocycles. The fourth-order valence-electron chi connectivity index (χ4n) is 1.84. The van der Waals surface area contributed by atoms with E-state index in [0.717, 1.165) is 17.2 Å². The highest BCUT2D eigenvalue weighted by Crippen LogP contribution is 2.15. The van der Waals surface area contributed by atoms with Crippen LogP contribution in [0.1, 0.15) is 10.4 Å². The number of nitro groups is 1. The van der Waals surface area contributed by atoms with Crippen molar-refractivity contribution in [2.45, 2.75) is 12.2 Å². The molecule has 3 N–H and O–H groups in total. The van der Waals surface area contributed by atoms with Gasteiger partial charge in [0.25, 0.3) is 17.2 Å². The van der Waals surface area contributed by atoms with Crippen LogP contribution in [0, 0.1) is 10.1 Å². The lowest BCUT2D eigenvalue weighted by atomic mass is 10.2. The highest BCUT2D eigenvalue weighted by Gasteiger charge is 2.34. The van der Waals surface area contributed by atoms with Crippen LogP contribution < -0.4 is 5.56 Å². The van der Waals surface area contributed by atoms with Crippen LogP contribution in [0.2, 0.25) is 0 Å². The van der Waals surface area contributed by atoms with Gasteiger partial charge in [0.1, 0.15) is 5.56 Å². The summed E-state index contributed by atoms with van der Waals surface area (Å²) in [4.78, 5) is 36.5. The third-order valence-corrected chi connectivity index (χ3v) is 2.88. The molecule has 1 amide bonds. The van der Waals surface area contributed by atoms with Crippen molar-refractivity contribution in [1.29, 1.82) is 0 Å². The van der Waals surface area contributed by atoms with Crippen molar-refractivity contribution in [1.82, 2.24) is 9.88 Å². The number of H-pyrrole nitrogens is 1. The van der Waals surface area contributed by atoms with Gasteiger partial charge in [-0.15, -0.1) is 0 Å². The van der Waals surface area contributed by atoms with E-state index in [0.29, 0.717) is 0 Å². The van der Waals surface area contributed by atoms with Crippen LogP contribution in [0.4, 0.5) is 5.69 Å². The van der Waals surface area contributed by atoms with Crippen molar-refractivity contribution in [2.75, 3.05) is 13.1 Å². The molecule has 2 atom stereocenters. The minimum atomic E-state index is -1.08. The van der Waals surface area contributed by atoms with E-state index in [1.54, 1.807) is 0 Å². The van der Waals surface area contributed by atoms with Gasteiger partial charge in [-0.2, -0.15) is 0 Å². The lowest BCUT2D eigenvalue weighted by Gasteiger charge is -2.14. The molecule has 0 bridgehead atoms. The number of aliphatic hydroxyl groups excluding tert-OH is 2. The maximum absolute atomic E-state index is 12.0. The summed E-state index contributed by atoms with van der Waals surface area (Å²) in [6, 6.07) is 0.873. The Balaban J connectivity index is 2.31. The van der Waals surface area contributed by atoms with E-state index < -0.39 is 39.8 Å². The first kappa shape index (κ1) is 13.2. The molecule has 0 saturated carbocycles. The number of carbonyl (C=O) groups is 1. The molecule has 0 radical (unpaired) electrons. The Morgan fingerprint density at radius 1 is 1.42 bits per heavy atom. The number of nitrogens with one attached hydrogen (secondary N) is 1. The van der Waals surface area contributed by atoms with Crippen LogP contribution in [-0.4, -0.2) is 56.2 Å². The Labute approximate surface area is 106 Å². The average Bonchev–Trinajstić information content (AvgIpc) is 2.69. The number of amides is 1. The highest BCUT2D eigenvalue weighted by atomic mass is 16.6. The number of likely N-dealkylation sites (tertiary alicyclic amines) is 1. The van der Waals surface area contributed by atoms with Gasteiger partial charge in [-0.1, -0.05) is 0 Å². The zero-order chi connectivity index (χ0) is 14.2. The number of rotatable bonds is 2. The second-order valence-corrected chi connectivity index (χ2v) is 4.20. The van der Waals surface area contributed by atoms with Crippen molar-refractivity contribution in [3.8, 4) is 0 Å². The predicted octanol–water partition coefficient (Wildman–Crippen LogP) is -1.54.